The minimum Gasteiger partial charge on any atom is -0.496 e. The van der Waals surface area contributed by atoms with E-state index in [2.05, 4.69) is 36.5 Å². The molecule has 1 aliphatic rings. The fraction of sp³-hybridized carbons (Fsp3) is 0.345. The molecule has 0 bridgehead atoms. The number of hydrogen-bond donors (Lipinski definition) is 2. The van der Waals surface area contributed by atoms with E-state index in [9.17, 15) is 14.9 Å². The lowest BCUT2D eigenvalue weighted by Gasteiger charge is -2.22. The number of carbonyl (C=O) groups is 2. The lowest BCUT2D eigenvalue weighted by Crippen LogP contribution is -2.43. The number of guanidine groups is 1. The maximum atomic E-state index is 13.3. The van der Waals surface area contributed by atoms with E-state index < -0.39 is 5.92 Å². The number of hydrogen-bond acceptors (Lipinski definition) is 6. The summed E-state index contributed by atoms with van der Waals surface area (Å²) < 4.78 is 11.7. The van der Waals surface area contributed by atoms with Gasteiger partial charge in [-0.05, 0) is 84.1 Å². The summed E-state index contributed by atoms with van der Waals surface area (Å²) in [4.78, 5) is 36.2. The third-order valence-corrected chi connectivity index (χ3v) is 7.13. The average Bonchev–Trinajstić information content (AvgIpc) is 3.21. The van der Waals surface area contributed by atoms with E-state index in [0.29, 0.717) is 31.6 Å². The first-order valence-electron chi connectivity index (χ1n) is 13.0. The number of nitriles is 1. The van der Waals surface area contributed by atoms with Crippen molar-refractivity contribution in [3.63, 3.8) is 0 Å². The zero-order chi connectivity index (χ0) is 28.5. The predicted octanol–water partition coefficient (Wildman–Crippen LogP) is 4.63. The molecule has 0 saturated carbocycles. The van der Waals surface area contributed by atoms with Crippen LogP contribution in [0.1, 0.15) is 30.6 Å². The van der Waals surface area contributed by atoms with Gasteiger partial charge in [0.25, 0.3) is 0 Å². The van der Waals surface area contributed by atoms with Gasteiger partial charge in [0.05, 0.1) is 29.7 Å². The SMILES string of the molecule is COc1ccc(CCNC(=O)CN2CCCCC(/C=N/C(=Nc3ccc4oc(C)cc4c3)NC#N)C2=O)cc1Br. The fourth-order valence-electron chi connectivity index (χ4n) is 4.53. The summed E-state index contributed by atoms with van der Waals surface area (Å²) in [5.74, 6) is 0.724. The van der Waals surface area contributed by atoms with Crippen LogP contribution in [0.5, 0.6) is 5.75 Å². The molecule has 2 N–H and O–H groups in total. The van der Waals surface area contributed by atoms with Crippen molar-refractivity contribution in [3.05, 3.63) is 58.3 Å². The number of rotatable bonds is 8. The number of methoxy groups -OCH3 is 1. The maximum absolute atomic E-state index is 13.3. The average molecular weight is 608 g/mol. The van der Waals surface area contributed by atoms with E-state index in [1.165, 1.54) is 6.21 Å². The Hall–Kier alpha value is -4.17. The molecule has 0 aliphatic carbocycles. The zero-order valence-corrected chi connectivity index (χ0v) is 24.0. The van der Waals surface area contributed by atoms with Crippen LogP contribution in [0.25, 0.3) is 11.0 Å². The fourth-order valence-corrected chi connectivity index (χ4v) is 5.11. The summed E-state index contributed by atoms with van der Waals surface area (Å²) in [5, 5.41) is 15.5. The molecule has 40 heavy (non-hydrogen) atoms. The molecule has 2 amide bonds. The van der Waals surface area contributed by atoms with Crippen LogP contribution >= 0.6 is 15.9 Å². The standard InChI is InChI=1S/C29H31BrN6O4/c1-19-13-22-15-23(7-9-25(22)40-19)35-29(34-18-31)33-16-21-5-3-4-12-36(28(21)38)17-27(37)32-11-10-20-6-8-26(39-2)24(30)14-20/h6-9,13-16,21H,3-5,10-12,17H2,1-2H3,(H,32,37)(H,34,35)/b33-16+. The quantitative estimate of drug-likeness (QED) is 0.166. The van der Waals surface area contributed by atoms with Crippen molar-refractivity contribution >= 4 is 56.6 Å². The third-order valence-electron chi connectivity index (χ3n) is 6.51. The van der Waals surface area contributed by atoms with Gasteiger partial charge in [-0.1, -0.05) is 12.5 Å². The number of furan rings is 1. The Kier molecular flexibility index (Phi) is 9.91. The molecule has 2 aromatic carbocycles. The van der Waals surface area contributed by atoms with Crippen LogP contribution in [-0.4, -0.2) is 55.6 Å². The van der Waals surface area contributed by atoms with Gasteiger partial charge in [0.1, 0.15) is 17.1 Å². The van der Waals surface area contributed by atoms with Gasteiger partial charge >= 0.3 is 0 Å². The second kappa shape index (κ2) is 13.8. The molecule has 1 atom stereocenters. The lowest BCUT2D eigenvalue weighted by molar-refractivity contribution is -0.137. The molecule has 2 heterocycles. The Morgan fingerprint density at radius 3 is 2.90 bits per heavy atom. The van der Waals surface area contributed by atoms with Gasteiger partial charge in [-0.15, -0.1) is 0 Å². The normalized spacial score (nSPS) is 16.1. The molecule has 0 radical (unpaired) electrons. The molecule has 1 fully saturated rings. The molecule has 1 saturated heterocycles. The number of fused-ring (bicyclic) bond motifs is 1. The van der Waals surface area contributed by atoms with E-state index >= 15 is 0 Å². The molecular weight excluding hydrogens is 576 g/mol. The summed E-state index contributed by atoms with van der Waals surface area (Å²) in [5.41, 5.74) is 2.39. The van der Waals surface area contributed by atoms with Gasteiger partial charge in [0, 0.05) is 24.7 Å². The van der Waals surface area contributed by atoms with Crippen LogP contribution in [0.2, 0.25) is 0 Å². The van der Waals surface area contributed by atoms with Gasteiger partial charge in [-0.25, -0.2) is 9.98 Å². The number of aliphatic imine (C=N–C) groups is 2. The highest BCUT2D eigenvalue weighted by Gasteiger charge is 2.27. The van der Waals surface area contributed by atoms with Gasteiger partial charge in [-0.3, -0.25) is 14.9 Å². The minimum absolute atomic E-state index is 0.0169. The van der Waals surface area contributed by atoms with Crippen molar-refractivity contribution in [1.82, 2.24) is 15.5 Å². The number of benzene rings is 2. The van der Waals surface area contributed by atoms with Crippen LogP contribution in [-0.2, 0) is 16.0 Å². The number of likely N-dealkylation sites (tertiary alicyclic amines) is 1. The molecule has 4 rings (SSSR count). The molecule has 1 aromatic heterocycles. The van der Waals surface area contributed by atoms with E-state index in [1.807, 2.05) is 49.5 Å². The molecule has 3 aromatic rings. The van der Waals surface area contributed by atoms with Crippen molar-refractivity contribution < 1.29 is 18.7 Å². The number of halogens is 1. The Bertz CT molecular complexity index is 1470. The summed E-state index contributed by atoms with van der Waals surface area (Å²) in [6.45, 7) is 2.81. The summed E-state index contributed by atoms with van der Waals surface area (Å²) >= 11 is 3.47. The number of aryl methyl sites for hydroxylation is 1. The Morgan fingerprint density at radius 2 is 2.12 bits per heavy atom. The second-order valence-corrected chi connectivity index (χ2v) is 10.3. The Labute approximate surface area is 241 Å². The minimum atomic E-state index is -0.517. The Morgan fingerprint density at radius 1 is 1.27 bits per heavy atom. The van der Waals surface area contributed by atoms with Crippen molar-refractivity contribution in [1.29, 1.82) is 5.26 Å². The highest BCUT2D eigenvalue weighted by molar-refractivity contribution is 9.10. The zero-order valence-electron chi connectivity index (χ0n) is 22.4. The third kappa shape index (κ3) is 7.70. The highest BCUT2D eigenvalue weighted by atomic mass is 79.9. The first-order chi connectivity index (χ1) is 19.4. The van der Waals surface area contributed by atoms with E-state index in [1.54, 1.807) is 18.1 Å². The molecule has 10 nitrogen and oxygen atoms in total. The van der Waals surface area contributed by atoms with Crippen LogP contribution in [0.15, 0.2) is 61.3 Å². The number of amides is 2. The monoisotopic (exact) mass is 606 g/mol. The van der Waals surface area contributed by atoms with Crippen molar-refractivity contribution in [3.8, 4) is 11.9 Å². The van der Waals surface area contributed by atoms with Gasteiger partial charge < -0.3 is 19.4 Å². The summed E-state index contributed by atoms with van der Waals surface area (Å²) in [6.07, 6.45) is 6.24. The van der Waals surface area contributed by atoms with E-state index in [0.717, 1.165) is 45.4 Å². The second-order valence-electron chi connectivity index (χ2n) is 9.46. The van der Waals surface area contributed by atoms with E-state index in [-0.39, 0.29) is 24.3 Å². The molecule has 1 aliphatic heterocycles. The van der Waals surface area contributed by atoms with Crippen molar-refractivity contribution in [2.75, 3.05) is 26.7 Å². The van der Waals surface area contributed by atoms with Crippen LogP contribution < -0.4 is 15.4 Å². The lowest BCUT2D eigenvalue weighted by atomic mass is 10.0. The maximum Gasteiger partial charge on any atom is 0.239 e. The smallest absolute Gasteiger partial charge is 0.239 e. The first-order valence-corrected chi connectivity index (χ1v) is 13.8. The van der Waals surface area contributed by atoms with Crippen LogP contribution in [0.4, 0.5) is 5.69 Å². The largest absolute Gasteiger partial charge is 0.496 e. The van der Waals surface area contributed by atoms with Gasteiger partial charge in [-0.2, -0.15) is 5.26 Å². The van der Waals surface area contributed by atoms with Crippen molar-refractivity contribution in [2.24, 2.45) is 15.9 Å². The molecule has 1 unspecified atom stereocenters. The van der Waals surface area contributed by atoms with Crippen molar-refractivity contribution in [2.45, 2.75) is 32.6 Å². The summed E-state index contributed by atoms with van der Waals surface area (Å²) in [6, 6.07) is 13.1. The Balaban J connectivity index is 1.36. The number of carbonyl (C=O) groups excluding carboxylic acids is 2. The van der Waals surface area contributed by atoms with Crippen LogP contribution in [0, 0.1) is 24.3 Å². The summed E-state index contributed by atoms with van der Waals surface area (Å²) in [7, 11) is 1.61. The number of nitrogens with one attached hydrogen (secondary N) is 2. The number of nitrogens with zero attached hydrogens (tertiary/aromatic N) is 4. The first kappa shape index (κ1) is 28.8. The highest BCUT2D eigenvalue weighted by Crippen LogP contribution is 2.26. The molecule has 208 valence electrons. The molecular formula is C29H31BrN6O4. The number of ether oxygens (including phenoxy) is 1. The topological polar surface area (TPSA) is 132 Å². The predicted molar refractivity (Wildman–Crippen MR) is 157 cm³/mol. The van der Waals surface area contributed by atoms with Gasteiger partial charge in [0.15, 0.2) is 6.19 Å². The molecule has 0 spiro atoms. The molecule has 11 heteroatoms. The van der Waals surface area contributed by atoms with Crippen LogP contribution in [0.3, 0.4) is 0 Å². The van der Waals surface area contributed by atoms with E-state index in [4.69, 9.17) is 9.15 Å². The van der Waals surface area contributed by atoms with Gasteiger partial charge in [0.2, 0.25) is 17.8 Å².